The van der Waals surface area contributed by atoms with Crippen LogP contribution >= 0.6 is 0 Å². The maximum Gasteiger partial charge on any atom is 0.234 e. The number of benzene rings is 1. The van der Waals surface area contributed by atoms with Crippen LogP contribution in [0.4, 0.5) is 0 Å². The van der Waals surface area contributed by atoms with Crippen molar-refractivity contribution in [3.63, 3.8) is 0 Å². The lowest BCUT2D eigenvalue weighted by molar-refractivity contribution is -0.121. The Kier molecular flexibility index (Phi) is 6.07. The van der Waals surface area contributed by atoms with Gasteiger partial charge in [0, 0.05) is 25.2 Å². The Morgan fingerprint density at radius 2 is 2.23 bits per heavy atom. The number of carbonyl (C=O) groups is 1. The summed E-state index contributed by atoms with van der Waals surface area (Å²) in [4.78, 5) is 13.9. The highest BCUT2D eigenvalue weighted by Crippen LogP contribution is 2.33. The topological polar surface area (TPSA) is 50.8 Å². The Bertz CT molecular complexity index is 505. The van der Waals surface area contributed by atoms with E-state index in [-0.39, 0.29) is 12.0 Å². The zero-order valence-electron chi connectivity index (χ0n) is 13.7. The van der Waals surface area contributed by atoms with Gasteiger partial charge in [-0.1, -0.05) is 19.1 Å². The van der Waals surface area contributed by atoms with Gasteiger partial charge in [0.25, 0.3) is 0 Å². The maximum absolute atomic E-state index is 11.7. The molecule has 5 heteroatoms. The van der Waals surface area contributed by atoms with E-state index in [2.05, 4.69) is 24.1 Å². The van der Waals surface area contributed by atoms with E-state index >= 15 is 0 Å². The minimum atomic E-state index is 0.0878. The standard InChI is InChI=1S/C17H26N2O3/c1-4-13(2)22-17-14(7-5-8-15(17)21-3)11-19-10-6-9-18-16(20)12-19/h5,7-8,13H,4,6,9-12H2,1-3H3,(H,18,20)/t13-/m0/s1. The normalized spacial score (nSPS) is 17.5. The van der Waals surface area contributed by atoms with Crippen LogP contribution in [-0.4, -0.2) is 43.7 Å². The van der Waals surface area contributed by atoms with Crippen molar-refractivity contribution in [2.75, 3.05) is 26.7 Å². The molecule has 5 nitrogen and oxygen atoms in total. The van der Waals surface area contributed by atoms with Crippen molar-refractivity contribution in [2.24, 2.45) is 0 Å². The first-order valence-corrected chi connectivity index (χ1v) is 7.95. The molecule has 2 rings (SSSR count). The van der Waals surface area contributed by atoms with Crippen LogP contribution in [0, 0.1) is 0 Å². The number of amides is 1. The monoisotopic (exact) mass is 306 g/mol. The van der Waals surface area contributed by atoms with E-state index in [4.69, 9.17) is 9.47 Å². The van der Waals surface area contributed by atoms with E-state index in [1.807, 2.05) is 18.2 Å². The second-order valence-corrected chi connectivity index (χ2v) is 5.70. The average Bonchev–Trinajstić information content (AvgIpc) is 2.72. The van der Waals surface area contributed by atoms with Crippen molar-refractivity contribution in [2.45, 2.75) is 39.3 Å². The summed E-state index contributed by atoms with van der Waals surface area (Å²) < 4.78 is 11.5. The van der Waals surface area contributed by atoms with Crippen molar-refractivity contribution < 1.29 is 14.3 Å². The molecule has 1 aliphatic rings. The van der Waals surface area contributed by atoms with Crippen LogP contribution in [0.25, 0.3) is 0 Å². The molecule has 1 atom stereocenters. The number of para-hydroxylation sites is 1. The number of nitrogens with zero attached hydrogens (tertiary/aromatic N) is 1. The van der Waals surface area contributed by atoms with E-state index in [9.17, 15) is 4.79 Å². The molecule has 0 spiro atoms. The quantitative estimate of drug-likeness (QED) is 0.875. The fourth-order valence-corrected chi connectivity index (χ4v) is 2.51. The summed E-state index contributed by atoms with van der Waals surface area (Å²) in [5.41, 5.74) is 1.06. The molecule has 0 unspecified atom stereocenters. The smallest absolute Gasteiger partial charge is 0.234 e. The molecule has 122 valence electrons. The molecule has 1 aromatic rings. The van der Waals surface area contributed by atoms with Crippen LogP contribution in [0.15, 0.2) is 18.2 Å². The van der Waals surface area contributed by atoms with Gasteiger partial charge in [-0.2, -0.15) is 0 Å². The van der Waals surface area contributed by atoms with Gasteiger partial charge >= 0.3 is 0 Å². The Morgan fingerprint density at radius 1 is 1.41 bits per heavy atom. The highest BCUT2D eigenvalue weighted by molar-refractivity contribution is 5.78. The summed E-state index contributed by atoms with van der Waals surface area (Å²) in [6, 6.07) is 5.93. The van der Waals surface area contributed by atoms with Crippen LogP contribution in [0.2, 0.25) is 0 Å². The van der Waals surface area contributed by atoms with E-state index in [1.54, 1.807) is 7.11 Å². The predicted octanol–water partition coefficient (Wildman–Crippen LogP) is 2.19. The summed E-state index contributed by atoms with van der Waals surface area (Å²) in [6.45, 7) is 6.92. The Balaban J connectivity index is 2.19. The number of methoxy groups -OCH3 is 1. The van der Waals surface area contributed by atoms with E-state index in [1.165, 1.54) is 0 Å². The van der Waals surface area contributed by atoms with Crippen molar-refractivity contribution in [1.82, 2.24) is 10.2 Å². The Morgan fingerprint density at radius 3 is 2.95 bits per heavy atom. The number of hydrogen-bond acceptors (Lipinski definition) is 4. The molecule has 1 amide bonds. The molecule has 1 heterocycles. The highest BCUT2D eigenvalue weighted by atomic mass is 16.5. The van der Waals surface area contributed by atoms with Crippen molar-refractivity contribution in [3.8, 4) is 11.5 Å². The minimum absolute atomic E-state index is 0.0878. The zero-order valence-corrected chi connectivity index (χ0v) is 13.7. The minimum Gasteiger partial charge on any atom is -0.493 e. The largest absolute Gasteiger partial charge is 0.493 e. The number of nitrogens with one attached hydrogen (secondary N) is 1. The van der Waals surface area contributed by atoms with E-state index in [0.717, 1.165) is 43.0 Å². The molecule has 0 aliphatic carbocycles. The third-order valence-electron chi connectivity index (χ3n) is 3.91. The third-order valence-corrected chi connectivity index (χ3v) is 3.91. The van der Waals surface area contributed by atoms with Crippen LogP contribution in [0.3, 0.4) is 0 Å². The molecule has 22 heavy (non-hydrogen) atoms. The van der Waals surface area contributed by atoms with Gasteiger partial charge in [0.15, 0.2) is 11.5 Å². The molecular formula is C17H26N2O3. The van der Waals surface area contributed by atoms with Crippen molar-refractivity contribution in [1.29, 1.82) is 0 Å². The number of rotatable bonds is 6. The molecule has 1 aliphatic heterocycles. The summed E-state index contributed by atoms with van der Waals surface area (Å²) in [5.74, 6) is 1.63. The number of hydrogen-bond donors (Lipinski definition) is 1. The molecule has 0 radical (unpaired) electrons. The van der Waals surface area contributed by atoms with Crippen LogP contribution in [-0.2, 0) is 11.3 Å². The summed E-state index contributed by atoms with van der Waals surface area (Å²) in [5, 5.41) is 2.90. The lowest BCUT2D eigenvalue weighted by Gasteiger charge is -2.23. The molecule has 1 saturated heterocycles. The van der Waals surface area contributed by atoms with Gasteiger partial charge < -0.3 is 14.8 Å². The molecule has 0 aromatic heterocycles. The predicted molar refractivity (Wildman–Crippen MR) is 86.3 cm³/mol. The van der Waals surface area contributed by atoms with Gasteiger partial charge in [-0.15, -0.1) is 0 Å². The fourth-order valence-electron chi connectivity index (χ4n) is 2.51. The second-order valence-electron chi connectivity index (χ2n) is 5.70. The fraction of sp³-hybridized carbons (Fsp3) is 0.588. The van der Waals surface area contributed by atoms with Gasteiger partial charge in [0.1, 0.15) is 0 Å². The molecule has 1 N–H and O–H groups in total. The molecule has 1 aromatic carbocycles. The molecule has 0 bridgehead atoms. The SMILES string of the molecule is CC[C@H](C)Oc1c(CN2CCCNC(=O)C2)cccc1OC. The van der Waals surface area contributed by atoms with E-state index < -0.39 is 0 Å². The van der Waals surface area contributed by atoms with Crippen LogP contribution in [0.1, 0.15) is 32.3 Å². The van der Waals surface area contributed by atoms with Crippen LogP contribution < -0.4 is 14.8 Å². The molecule has 1 fully saturated rings. The van der Waals surface area contributed by atoms with Crippen molar-refractivity contribution in [3.05, 3.63) is 23.8 Å². The van der Waals surface area contributed by atoms with Crippen LogP contribution in [0.5, 0.6) is 11.5 Å². The zero-order chi connectivity index (χ0) is 15.9. The lowest BCUT2D eigenvalue weighted by atomic mass is 10.1. The molecule has 0 saturated carbocycles. The first-order valence-electron chi connectivity index (χ1n) is 7.95. The Hall–Kier alpha value is -1.75. The van der Waals surface area contributed by atoms with Gasteiger partial charge in [0.2, 0.25) is 5.91 Å². The molecular weight excluding hydrogens is 280 g/mol. The van der Waals surface area contributed by atoms with Crippen molar-refractivity contribution >= 4 is 5.91 Å². The van der Waals surface area contributed by atoms with Gasteiger partial charge in [-0.05, 0) is 25.8 Å². The average molecular weight is 306 g/mol. The lowest BCUT2D eigenvalue weighted by Crippen LogP contribution is -2.32. The third kappa shape index (κ3) is 4.37. The second kappa shape index (κ2) is 8.03. The Labute approximate surface area is 132 Å². The van der Waals surface area contributed by atoms with E-state index in [0.29, 0.717) is 13.1 Å². The summed E-state index contributed by atoms with van der Waals surface area (Å²) >= 11 is 0. The number of carbonyl (C=O) groups excluding carboxylic acids is 1. The van der Waals surface area contributed by atoms with Gasteiger partial charge in [-0.25, -0.2) is 0 Å². The number of ether oxygens (including phenoxy) is 2. The first-order chi connectivity index (χ1) is 10.6. The van der Waals surface area contributed by atoms with Gasteiger partial charge in [-0.3, -0.25) is 9.69 Å². The maximum atomic E-state index is 11.7. The van der Waals surface area contributed by atoms with Gasteiger partial charge in [0.05, 0.1) is 19.8 Å². The first kappa shape index (κ1) is 16.6. The highest BCUT2D eigenvalue weighted by Gasteiger charge is 2.19. The summed E-state index contributed by atoms with van der Waals surface area (Å²) in [6.07, 6.45) is 2.03. The summed E-state index contributed by atoms with van der Waals surface area (Å²) in [7, 11) is 1.65.